The van der Waals surface area contributed by atoms with Crippen molar-refractivity contribution in [2.75, 3.05) is 45.1 Å². The Labute approximate surface area is 157 Å². The number of nitrogen functional groups attached to an aromatic ring is 1. The molecule has 1 amide bonds. The highest BCUT2D eigenvalue weighted by Crippen LogP contribution is 2.06. The molecule has 1 aliphatic rings. The number of aromatic nitrogens is 2. The third-order valence-electron chi connectivity index (χ3n) is 4.72. The van der Waals surface area contributed by atoms with E-state index in [1.807, 2.05) is 6.92 Å². The number of carbonyl (C=O) groups excluding carboxylic acids is 2. The number of ether oxygens (including phenoxy) is 1. The summed E-state index contributed by atoms with van der Waals surface area (Å²) in [6.45, 7) is 6.46. The summed E-state index contributed by atoms with van der Waals surface area (Å²) in [6.07, 6.45) is 0.296. The van der Waals surface area contributed by atoms with Crippen LogP contribution in [0.15, 0.2) is 9.59 Å². The number of carbonyl (C=O) groups is 2. The molecule has 0 saturated carbocycles. The Hall–Kier alpha value is -2.62. The van der Waals surface area contributed by atoms with E-state index in [0.29, 0.717) is 45.8 Å². The van der Waals surface area contributed by atoms with E-state index in [4.69, 9.17) is 10.5 Å². The number of nitrogens with zero attached hydrogens (tertiary/aromatic N) is 3. The lowest BCUT2D eigenvalue weighted by Gasteiger charge is -2.31. The number of nitrogens with two attached hydrogens (primary N) is 1. The smallest absolute Gasteiger partial charge is 0.410 e. The van der Waals surface area contributed by atoms with Gasteiger partial charge in [-0.05, 0) is 13.3 Å². The number of hydrogen-bond acceptors (Lipinski definition) is 6. The van der Waals surface area contributed by atoms with Crippen LogP contribution >= 0.6 is 0 Å². The van der Waals surface area contributed by atoms with Crippen molar-refractivity contribution in [3.05, 3.63) is 26.4 Å². The minimum absolute atomic E-state index is 0.0699. The van der Waals surface area contributed by atoms with Crippen molar-refractivity contribution in [3.63, 3.8) is 0 Å². The first kappa shape index (κ1) is 20.7. The molecule has 1 aromatic rings. The van der Waals surface area contributed by atoms with E-state index in [1.165, 1.54) is 11.6 Å². The molecule has 1 saturated heterocycles. The van der Waals surface area contributed by atoms with E-state index >= 15 is 0 Å². The molecule has 2 heterocycles. The van der Waals surface area contributed by atoms with Crippen LogP contribution in [0.4, 0.5) is 10.6 Å². The number of nitrogens with one attached hydrogen (secondary N) is 1. The molecule has 0 aromatic carbocycles. The largest absolute Gasteiger partial charge is 0.450 e. The van der Waals surface area contributed by atoms with Crippen LogP contribution in [0, 0.1) is 0 Å². The quantitative estimate of drug-likeness (QED) is 0.553. The summed E-state index contributed by atoms with van der Waals surface area (Å²) in [4.78, 5) is 51.7. The third-order valence-corrected chi connectivity index (χ3v) is 4.72. The number of rotatable bonds is 6. The Kier molecular flexibility index (Phi) is 6.78. The Balaban J connectivity index is 2.15. The summed E-state index contributed by atoms with van der Waals surface area (Å²) in [5.74, 6) is -0.461. The van der Waals surface area contributed by atoms with Crippen LogP contribution < -0.4 is 21.9 Å². The molecule has 10 heteroatoms. The molecule has 1 aromatic heterocycles. The van der Waals surface area contributed by atoms with Crippen LogP contribution in [0.3, 0.4) is 0 Å². The number of Topliss-reactive ketones (excluding diaryl/α,β-unsaturated/α-hetero) is 1. The molecule has 0 radical (unpaired) electrons. The van der Waals surface area contributed by atoms with E-state index in [9.17, 15) is 19.2 Å². The van der Waals surface area contributed by atoms with Gasteiger partial charge in [0.25, 0.3) is 5.56 Å². The van der Waals surface area contributed by atoms with E-state index in [1.54, 1.807) is 11.8 Å². The first-order chi connectivity index (χ1) is 12.8. The van der Waals surface area contributed by atoms with Gasteiger partial charge in [0, 0.05) is 13.6 Å². The summed E-state index contributed by atoms with van der Waals surface area (Å²) < 4.78 is 7.17. The standard InChI is InChI=1S/C17H27N5O5/c1-4-6-22-14(18)13(15(24)19(3)16(22)25)12(23)11-20-7-9-21(10-8-20)17(26)27-5-2/h4-11,18H2,1-3H3/p+1. The fraction of sp³-hybridized carbons (Fsp3) is 0.647. The Bertz CT molecular complexity index is 820. The highest BCUT2D eigenvalue weighted by Gasteiger charge is 2.29. The zero-order chi connectivity index (χ0) is 20.1. The molecular formula is C17H28N5O5+. The molecule has 27 heavy (non-hydrogen) atoms. The summed E-state index contributed by atoms with van der Waals surface area (Å²) in [5.41, 5.74) is 4.67. The Morgan fingerprint density at radius 3 is 2.37 bits per heavy atom. The molecular weight excluding hydrogens is 354 g/mol. The van der Waals surface area contributed by atoms with Crippen molar-refractivity contribution in [2.24, 2.45) is 7.05 Å². The minimum atomic E-state index is -0.667. The predicted octanol–water partition coefficient (Wildman–Crippen LogP) is -1.92. The van der Waals surface area contributed by atoms with E-state index in [2.05, 4.69) is 0 Å². The van der Waals surface area contributed by atoms with Gasteiger partial charge in [-0.2, -0.15) is 0 Å². The molecule has 0 bridgehead atoms. The van der Waals surface area contributed by atoms with Gasteiger partial charge in [0.15, 0.2) is 0 Å². The van der Waals surface area contributed by atoms with Crippen LogP contribution in [0.1, 0.15) is 30.6 Å². The van der Waals surface area contributed by atoms with Crippen LogP contribution in [0.2, 0.25) is 0 Å². The van der Waals surface area contributed by atoms with Gasteiger partial charge in [-0.1, -0.05) is 6.92 Å². The number of quaternary nitrogens is 1. The van der Waals surface area contributed by atoms with Gasteiger partial charge in [0.2, 0.25) is 5.78 Å². The molecule has 0 unspecified atom stereocenters. The van der Waals surface area contributed by atoms with Gasteiger partial charge in [-0.25, -0.2) is 9.59 Å². The van der Waals surface area contributed by atoms with E-state index in [-0.39, 0.29) is 24.0 Å². The third kappa shape index (κ3) is 4.38. The second-order valence-electron chi connectivity index (χ2n) is 6.59. The van der Waals surface area contributed by atoms with Gasteiger partial charge in [0.05, 0.1) is 32.8 Å². The molecule has 0 spiro atoms. The molecule has 2 rings (SSSR count). The summed E-state index contributed by atoms with van der Waals surface area (Å²) in [7, 11) is 1.35. The normalized spacial score (nSPS) is 15.0. The predicted molar refractivity (Wildman–Crippen MR) is 99.1 cm³/mol. The van der Waals surface area contributed by atoms with Crippen molar-refractivity contribution in [1.82, 2.24) is 14.0 Å². The molecule has 1 fully saturated rings. The van der Waals surface area contributed by atoms with Crippen LogP contribution in [0.5, 0.6) is 0 Å². The van der Waals surface area contributed by atoms with Gasteiger partial charge < -0.3 is 15.4 Å². The van der Waals surface area contributed by atoms with E-state index in [0.717, 1.165) is 9.47 Å². The number of anilines is 1. The van der Waals surface area contributed by atoms with Crippen molar-refractivity contribution in [2.45, 2.75) is 26.8 Å². The Morgan fingerprint density at radius 2 is 1.81 bits per heavy atom. The number of ketones is 1. The lowest BCUT2D eigenvalue weighted by molar-refractivity contribution is -0.895. The maximum Gasteiger partial charge on any atom is 0.410 e. The topological polar surface area (TPSA) is 121 Å². The lowest BCUT2D eigenvalue weighted by atomic mass is 10.1. The number of piperazine rings is 1. The van der Waals surface area contributed by atoms with Gasteiger partial charge in [-0.15, -0.1) is 0 Å². The summed E-state index contributed by atoms with van der Waals surface area (Å²) in [6, 6.07) is 0. The zero-order valence-corrected chi connectivity index (χ0v) is 16.1. The second kappa shape index (κ2) is 8.85. The van der Waals surface area contributed by atoms with E-state index < -0.39 is 17.0 Å². The first-order valence-electron chi connectivity index (χ1n) is 9.19. The molecule has 3 N–H and O–H groups in total. The van der Waals surface area contributed by atoms with Crippen molar-refractivity contribution >= 4 is 17.7 Å². The van der Waals surface area contributed by atoms with Crippen LogP contribution in [-0.2, 0) is 18.3 Å². The molecule has 10 nitrogen and oxygen atoms in total. The fourth-order valence-corrected chi connectivity index (χ4v) is 3.20. The Morgan fingerprint density at radius 1 is 1.19 bits per heavy atom. The summed E-state index contributed by atoms with van der Waals surface area (Å²) >= 11 is 0. The van der Waals surface area contributed by atoms with Gasteiger partial charge >= 0.3 is 11.8 Å². The fourth-order valence-electron chi connectivity index (χ4n) is 3.20. The average Bonchev–Trinajstić information content (AvgIpc) is 2.64. The van der Waals surface area contributed by atoms with Gasteiger partial charge in [-0.3, -0.25) is 23.6 Å². The lowest BCUT2D eigenvalue weighted by Crippen LogP contribution is -3.15. The first-order valence-corrected chi connectivity index (χ1v) is 9.19. The van der Waals surface area contributed by atoms with Crippen molar-refractivity contribution in [1.29, 1.82) is 0 Å². The highest BCUT2D eigenvalue weighted by molar-refractivity contribution is 6.00. The molecule has 1 aliphatic heterocycles. The molecule has 0 atom stereocenters. The molecule has 0 aliphatic carbocycles. The number of amides is 1. The zero-order valence-electron chi connectivity index (χ0n) is 16.1. The second-order valence-corrected chi connectivity index (χ2v) is 6.59. The number of hydrogen-bond donors (Lipinski definition) is 2. The summed E-state index contributed by atoms with van der Waals surface area (Å²) in [5, 5.41) is 0. The highest BCUT2D eigenvalue weighted by atomic mass is 16.6. The monoisotopic (exact) mass is 382 g/mol. The van der Waals surface area contributed by atoms with Crippen molar-refractivity contribution in [3.8, 4) is 0 Å². The van der Waals surface area contributed by atoms with Crippen LogP contribution in [-0.4, -0.2) is 65.2 Å². The van der Waals surface area contributed by atoms with Gasteiger partial charge in [0.1, 0.15) is 17.9 Å². The SMILES string of the molecule is CCCn1c(N)c(C(=O)C[NH+]2CCN(C(=O)OCC)CC2)c(=O)n(C)c1=O. The average molecular weight is 382 g/mol. The maximum absolute atomic E-state index is 12.8. The minimum Gasteiger partial charge on any atom is -0.450 e. The van der Waals surface area contributed by atoms with Crippen LogP contribution in [0.25, 0.3) is 0 Å². The van der Waals surface area contributed by atoms with Crippen molar-refractivity contribution < 1.29 is 19.2 Å². The maximum atomic E-state index is 12.8. The molecule has 150 valence electrons.